The van der Waals surface area contributed by atoms with Crippen LogP contribution in [0.15, 0.2) is 18.2 Å². The predicted octanol–water partition coefficient (Wildman–Crippen LogP) is -0.329. The van der Waals surface area contributed by atoms with Gasteiger partial charge in [0.2, 0.25) is 0 Å². The molecule has 0 fully saturated rings. The van der Waals surface area contributed by atoms with E-state index in [0.29, 0.717) is 5.56 Å². The summed E-state index contributed by atoms with van der Waals surface area (Å²) in [7, 11) is 0. The SMILES string of the molecule is N[C@@H](Cc1ccc(O)c(O)c1)C(=O)O.[Pb]. The molecule has 0 aromatic heterocycles. The first-order chi connectivity index (χ1) is 6.50. The Balaban J connectivity index is 0.00000196. The zero-order valence-electron chi connectivity index (χ0n) is 7.84. The summed E-state index contributed by atoms with van der Waals surface area (Å²) in [6, 6.07) is 3.09. The molecule has 1 rings (SSSR count). The largest absolute Gasteiger partial charge is 0.504 e. The van der Waals surface area contributed by atoms with Crippen LogP contribution in [0.3, 0.4) is 0 Å². The van der Waals surface area contributed by atoms with Crippen LogP contribution in [0.5, 0.6) is 11.5 Å². The van der Waals surface area contributed by atoms with Gasteiger partial charge in [-0.2, -0.15) is 0 Å². The number of aromatic hydroxyl groups is 2. The summed E-state index contributed by atoms with van der Waals surface area (Å²) in [6.07, 6.45) is 0.114. The molecule has 0 heterocycles. The van der Waals surface area contributed by atoms with Crippen molar-refractivity contribution in [1.29, 1.82) is 0 Å². The molecule has 0 amide bonds. The average Bonchev–Trinajstić information content (AvgIpc) is 2.11. The van der Waals surface area contributed by atoms with Crippen molar-refractivity contribution in [2.45, 2.75) is 12.5 Å². The van der Waals surface area contributed by atoms with Crippen molar-refractivity contribution in [3.63, 3.8) is 0 Å². The van der Waals surface area contributed by atoms with Gasteiger partial charge in [-0.05, 0) is 24.1 Å². The van der Waals surface area contributed by atoms with Crippen LogP contribution in [0, 0.1) is 0 Å². The van der Waals surface area contributed by atoms with Gasteiger partial charge < -0.3 is 21.1 Å². The predicted molar refractivity (Wildman–Crippen MR) is 54.8 cm³/mol. The average molecular weight is 404 g/mol. The van der Waals surface area contributed by atoms with Gasteiger partial charge in [-0.3, -0.25) is 4.79 Å². The molecule has 1 atom stereocenters. The molecule has 6 heteroatoms. The normalized spacial score (nSPS) is 11.5. The van der Waals surface area contributed by atoms with E-state index in [9.17, 15) is 4.79 Å². The first kappa shape index (κ1) is 14.2. The van der Waals surface area contributed by atoms with E-state index in [-0.39, 0.29) is 45.2 Å². The van der Waals surface area contributed by atoms with Crippen molar-refractivity contribution >= 4 is 33.3 Å². The molecule has 15 heavy (non-hydrogen) atoms. The zero-order chi connectivity index (χ0) is 10.7. The monoisotopic (exact) mass is 405 g/mol. The summed E-state index contributed by atoms with van der Waals surface area (Å²) in [5.41, 5.74) is 5.86. The Morgan fingerprint density at radius 1 is 1.33 bits per heavy atom. The van der Waals surface area contributed by atoms with E-state index in [1.807, 2.05) is 0 Å². The zero-order valence-corrected chi connectivity index (χ0v) is 11.7. The quantitative estimate of drug-likeness (QED) is 0.408. The van der Waals surface area contributed by atoms with E-state index < -0.39 is 12.0 Å². The molecule has 0 aliphatic carbocycles. The van der Waals surface area contributed by atoms with Gasteiger partial charge in [-0.1, -0.05) is 6.07 Å². The summed E-state index contributed by atoms with van der Waals surface area (Å²) in [5, 5.41) is 26.6. The minimum atomic E-state index is -1.10. The second kappa shape index (κ2) is 5.91. The van der Waals surface area contributed by atoms with Crippen molar-refractivity contribution in [2.75, 3.05) is 0 Å². The molecule has 0 bridgehead atoms. The van der Waals surface area contributed by atoms with Gasteiger partial charge in [-0.25, -0.2) is 0 Å². The van der Waals surface area contributed by atoms with Crippen LogP contribution in [-0.2, 0) is 11.2 Å². The van der Waals surface area contributed by atoms with Crippen LogP contribution in [0.4, 0.5) is 0 Å². The first-order valence-electron chi connectivity index (χ1n) is 4.00. The molecule has 80 valence electrons. The molecular formula is C9H11NO4Pb. The molecule has 4 radical (unpaired) electrons. The molecule has 0 spiro atoms. The molecule has 0 saturated heterocycles. The molecule has 1 aromatic rings. The molecule has 0 saturated carbocycles. The number of carboxylic acids is 1. The molecule has 0 aliphatic heterocycles. The van der Waals surface area contributed by atoms with Crippen molar-refractivity contribution in [3.8, 4) is 11.5 Å². The maximum atomic E-state index is 10.4. The smallest absolute Gasteiger partial charge is 0.320 e. The molecule has 0 unspecified atom stereocenters. The Morgan fingerprint density at radius 3 is 2.40 bits per heavy atom. The number of hydrogen-bond donors (Lipinski definition) is 4. The Bertz CT molecular complexity index is 356. The van der Waals surface area contributed by atoms with Crippen LogP contribution < -0.4 is 5.73 Å². The number of phenolic OH excluding ortho intramolecular Hbond substituents is 2. The Morgan fingerprint density at radius 2 is 1.93 bits per heavy atom. The molecule has 5 nitrogen and oxygen atoms in total. The maximum absolute atomic E-state index is 10.4. The van der Waals surface area contributed by atoms with Gasteiger partial charge in [0.25, 0.3) is 0 Å². The molecule has 0 aliphatic rings. The van der Waals surface area contributed by atoms with Crippen LogP contribution in [0.25, 0.3) is 0 Å². The minimum absolute atomic E-state index is 0. The maximum Gasteiger partial charge on any atom is 0.320 e. The molecular weight excluding hydrogens is 393 g/mol. The number of aliphatic carboxylic acids is 1. The number of carbonyl (C=O) groups is 1. The number of benzene rings is 1. The summed E-state index contributed by atoms with van der Waals surface area (Å²) in [5.74, 6) is -1.62. The number of phenols is 2. The number of hydrogen-bond acceptors (Lipinski definition) is 4. The summed E-state index contributed by atoms with van der Waals surface area (Å²) >= 11 is 0. The molecule has 1 aromatic carbocycles. The van der Waals surface area contributed by atoms with E-state index in [4.69, 9.17) is 21.1 Å². The van der Waals surface area contributed by atoms with Gasteiger partial charge in [0.15, 0.2) is 11.5 Å². The van der Waals surface area contributed by atoms with Crippen LogP contribution in [0.2, 0.25) is 0 Å². The third-order valence-corrected chi connectivity index (χ3v) is 1.81. The van der Waals surface area contributed by atoms with Crippen LogP contribution in [-0.4, -0.2) is 54.6 Å². The third kappa shape index (κ3) is 4.04. The van der Waals surface area contributed by atoms with E-state index in [0.717, 1.165) is 0 Å². The van der Waals surface area contributed by atoms with E-state index in [1.165, 1.54) is 18.2 Å². The fraction of sp³-hybridized carbons (Fsp3) is 0.222. The Labute approximate surface area is 107 Å². The first-order valence-corrected chi connectivity index (χ1v) is 4.00. The summed E-state index contributed by atoms with van der Waals surface area (Å²) < 4.78 is 0. The van der Waals surface area contributed by atoms with Gasteiger partial charge in [0, 0.05) is 27.3 Å². The summed E-state index contributed by atoms with van der Waals surface area (Å²) in [4.78, 5) is 10.4. The van der Waals surface area contributed by atoms with Gasteiger partial charge >= 0.3 is 5.97 Å². The van der Waals surface area contributed by atoms with E-state index in [1.54, 1.807) is 0 Å². The van der Waals surface area contributed by atoms with Crippen molar-refractivity contribution < 1.29 is 20.1 Å². The van der Waals surface area contributed by atoms with Gasteiger partial charge in [-0.15, -0.1) is 0 Å². The second-order valence-corrected chi connectivity index (χ2v) is 2.97. The van der Waals surface area contributed by atoms with E-state index >= 15 is 0 Å². The van der Waals surface area contributed by atoms with Crippen LogP contribution >= 0.6 is 0 Å². The Kier molecular flexibility index (Phi) is 5.58. The Hall–Kier alpha value is -0.828. The topological polar surface area (TPSA) is 104 Å². The fourth-order valence-corrected chi connectivity index (χ4v) is 1.04. The standard InChI is InChI=1S/C9H11NO4.Pb/c10-6(9(13)14)3-5-1-2-7(11)8(12)4-5;/h1-2,4,6,11-12H,3,10H2,(H,13,14);/t6-;/m0./s1. The summed E-state index contributed by atoms with van der Waals surface area (Å²) in [6.45, 7) is 0. The van der Waals surface area contributed by atoms with Gasteiger partial charge in [0.05, 0.1) is 0 Å². The van der Waals surface area contributed by atoms with Crippen molar-refractivity contribution in [3.05, 3.63) is 23.8 Å². The number of carboxylic acid groups (broad SMARTS) is 1. The third-order valence-electron chi connectivity index (χ3n) is 1.81. The molecule has 5 N–H and O–H groups in total. The second-order valence-electron chi connectivity index (χ2n) is 2.97. The van der Waals surface area contributed by atoms with E-state index in [2.05, 4.69) is 0 Å². The van der Waals surface area contributed by atoms with Crippen molar-refractivity contribution in [1.82, 2.24) is 0 Å². The van der Waals surface area contributed by atoms with Crippen LogP contribution in [0.1, 0.15) is 5.56 Å². The number of rotatable bonds is 3. The number of nitrogens with two attached hydrogens (primary N) is 1. The van der Waals surface area contributed by atoms with Gasteiger partial charge in [0.1, 0.15) is 6.04 Å². The minimum Gasteiger partial charge on any atom is -0.504 e. The fourth-order valence-electron chi connectivity index (χ4n) is 1.04. The van der Waals surface area contributed by atoms with Crippen molar-refractivity contribution in [2.24, 2.45) is 5.73 Å².